The molecule has 0 saturated heterocycles. The summed E-state index contributed by atoms with van der Waals surface area (Å²) in [6.45, 7) is -0.162. The monoisotopic (exact) mass is 1330 g/mol. The first-order chi connectivity index (χ1) is 46.7. The fourth-order valence-corrected chi connectivity index (χ4v) is 21.8. The Morgan fingerprint density at radius 2 is 0.553 bits per heavy atom. The minimum atomic E-state index is -0.209. The number of rotatable bonds is 10. The van der Waals surface area contributed by atoms with Gasteiger partial charge in [-0.05, 0) is 0 Å². The van der Waals surface area contributed by atoms with E-state index >= 15 is 0 Å². The average Bonchev–Trinajstić information content (AvgIpc) is 0.686. The van der Waals surface area contributed by atoms with E-state index in [4.69, 9.17) is 0 Å². The standard InChI is InChI=1S/C85H57B2N5Se2/c1-8-30-57(31-9-1)88(58-32-10-2-11-33-58)64-52-76-82-78(54-64)93-84-70(86(82)68-46-24-28-50-74(68)91(76)62-40-18-6-19-41-62)56-71-85(81(84)80-66-44-22-26-48-72(66)90(61-38-16-5-17-39-61)73-49-27-23-45-67(73)80)94-79-55-65(89(59-34-12-3-13-35-59)60-36-14-4-15-37-60)53-77-83(79)87(71)69-47-25-29-51-75(69)92(77)63-42-20-7-21-43-63/h1-56,80H. The molecule has 0 amide bonds. The first-order valence-electron chi connectivity index (χ1n) is 32.3. The van der Waals surface area contributed by atoms with Crippen molar-refractivity contribution in [3.8, 4) is 0 Å². The van der Waals surface area contributed by atoms with Crippen LogP contribution in [-0.2, 0) is 0 Å². The van der Waals surface area contributed by atoms with Gasteiger partial charge in [0.2, 0.25) is 0 Å². The van der Waals surface area contributed by atoms with E-state index in [2.05, 4.69) is 364 Å². The molecule has 0 bridgehead atoms. The summed E-state index contributed by atoms with van der Waals surface area (Å²) in [5.41, 5.74) is 30.0. The van der Waals surface area contributed by atoms with Crippen molar-refractivity contribution in [3.05, 3.63) is 356 Å². The van der Waals surface area contributed by atoms with Crippen LogP contribution in [0.15, 0.2) is 340 Å². The molecule has 0 radical (unpaired) electrons. The summed E-state index contributed by atoms with van der Waals surface area (Å²) >= 11 is -0.417. The summed E-state index contributed by atoms with van der Waals surface area (Å²) in [5, 5.41) is 0. The van der Waals surface area contributed by atoms with Crippen molar-refractivity contribution >= 4 is 179 Å². The normalized spacial score (nSPS) is 13.5. The van der Waals surface area contributed by atoms with Gasteiger partial charge in [-0.15, -0.1) is 0 Å². The third-order valence-electron chi connectivity index (χ3n) is 19.5. The molecule has 5 aliphatic heterocycles. The van der Waals surface area contributed by atoms with E-state index < -0.39 is 0 Å². The molecule has 5 aliphatic rings. The Morgan fingerprint density at radius 3 is 0.915 bits per heavy atom. The van der Waals surface area contributed by atoms with Crippen molar-refractivity contribution in [2.45, 2.75) is 5.92 Å². The number of hydrogen-bond donors (Lipinski definition) is 0. The molecule has 94 heavy (non-hydrogen) atoms. The van der Waals surface area contributed by atoms with Crippen LogP contribution in [0, 0.1) is 0 Å². The SMILES string of the molecule is c1ccc(N(c2ccccc2)c2cc3c4c(c2)N(c2ccccc2)c2ccccc2B4c2cc4c(c(C5c6ccccc6N(c6ccccc6)c6ccccc65)c2[Se]3)[Se]c2cc(N(c3ccccc3)c3ccccc3)cc3c2B4c2ccccc2N3c2ccccc2)cc1. The first kappa shape index (κ1) is 54.9. The van der Waals surface area contributed by atoms with Crippen molar-refractivity contribution in [1.29, 1.82) is 0 Å². The molecule has 0 unspecified atom stereocenters. The number of para-hydroxylation sites is 11. The van der Waals surface area contributed by atoms with Gasteiger partial charge in [0.15, 0.2) is 0 Å². The van der Waals surface area contributed by atoms with E-state index in [-0.39, 0.29) is 49.3 Å². The summed E-state index contributed by atoms with van der Waals surface area (Å²) in [6.07, 6.45) is 0. The molecule has 0 N–H and O–H groups in total. The van der Waals surface area contributed by atoms with E-state index in [0.717, 1.165) is 51.2 Å². The molecule has 5 nitrogen and oxygen atoms in total. The molecule has 0 atom stereocenters. The van der Waals surface area contributed by atoms with Crippen LogP contribution in [0.2, 0.25) is 0 Å². The van der Waals surface area contributed by atoms with Crippen LogP contribution >= 0.6 is 0 Å². The fraction of sp³-hybridized carbons (Fsp3) is 0.0118. The van der Waals surface area contributed by atoms with Gasteiger partial charge in [-0.25, -0.2) is 0 Å². The van der Waals surface area contributed by atoms with Crippen molar-refractivity contribution in [2.24, 2.45) is 0 Å². The van der Waals surface area contributed by atoms with Gasteiger partial charge >= 0.3 is 566 Å². The summed E-state index contributed by atoms with van der Waals surface area (Å²) in [5.74, 6) is -0.109. The molecular weight excluding hydrogens is 1270 g/mol. The molecule has 0 saturated carbocycles. The molecule has 14 aromatic rings. The molecule has 440 valence electrons. The van der Waals surface area contributed by atoms with Crippen LogP contribution in [0.3, 0.4) is 0 Å². The van der Waals surface area contributed by atoms with Crippen LogP contribution in [-0.4, -0.2) is 43.3 Å². The van der Waals surface area contributed by atoms with Crippen LogP contribution in [0.5, 0.6) is 0 Å². The van der Waals surface area contributed by atoms with Crippen LogP contribution in [0.25, 0.3) is 0 Å². The van der Waals surface area contributed by atoms with Crippen LogP contribution < -0.4 is 75.1 Å². The second kappa shape index (κ2) is 22.5. The number of benzene rings is 14. The summed E-state index contributed by atoms with van der Waals surface area (Å²) in [4.78, 5) is 12.6. The molecule has 0 fully saturated rings. The molecule has 0 spiro atoms. The van der Waals surface area contributed by atoms with Gasteiger partial charge in [-0.2, -0.15) is 0 Å². The number of anilines is 15. The minimum absolute atomic E-state index is 0.0811. The van der Waals surface area contributed by atoms with Crippen molar-refractivity contribution in [3.63, 3.8) is 0 Å². The van der Waals surface area contributed by atoms with Gasteiger partial charge < -0.3 is 0 Å². The molecule has 0 aliphatic carbocycles. The Labute approximate surface area is 562 Å². The van der Waals surface area contributed by atoms with Gasteiger partial charge in [0.25, 0.3) is 0 Å². The number of fused-ring (bicyclic) bond motifs is 10. The molecule has 19 rings (SSSR count). The maximum atomic E-state index is 2.77. The van der Waals surface area contributed by atoms with E-state index in [1.807, 2.05) is 0 Å². The maximum absolute atomic E-state index is 2.77. The summed E-state index contributed by atoms with van der Waals surface area (Å²) < 4.78 is 5.81. The second-order valence-electron chi connectivity index (χ2n) is 24.6. The predicted molar refractivity (Wildman–Crippen MR) is 399 cm³/mol. The van der Waals surface area contributed by atoms with Gasteiger partial charge in [0, 0.05) is 0 Å². The molecule has 14 aromatic carbocycles. The van der Waals surface area contributed by atoms with Crippen molar-refractivity contribution in [1.82, 2.24) is 0 Å². The topological polar surface area (TPSA) is 16.2 Å². The fourth-order valence-electron chi connectivity index (χ4n) is 15.8. The zero-order chi connectivity index (χ0) is 61.8. The first-order valence-corrected chi connectivity index (χ1v) is 35.8. The zero-order valence-electron chi connectivity index (χ0n) is 51.1. The van der Waals surface area contributed by atoms with Crippen molar-refractivity contribution in [2.75, 3.05) is 24.5 Å². The Hall–Kier alpha value is -10.8. The molecular formula is C85H57B2N5Se2. The third-order valence-corrected chi connectivity index (χ3v) is 24.6. The number of hydrogen-bond acceptors (Lipinski definition) is 5. The van der Waals surface area contributed by atoms with E-state index in [1.165, 1.54) is 101 Å². The van der Waals surface area contributed by atoms with Crippen molar-refractivity contribution < 1.29 is 0 Å². The third kappa shape index (κ3) is 8.70. The Balaban J connectivity index is 0.941. The van der Waals surface area contributed by atoms with Gasteiger partial charge in [0.1, 0.15) is 0 Å². The second-order valence-corrected chi connectivity index (χ2v) is 29.1. The van der Waals surface area contributed by atoms with E-state index in [1.54, 1.807) is 0 Å². The van der Waals surface area contributed by atoms with E-state index in [9.17, 15) is 0 Å². The predicted octanol–water partition coefficient (Wildman–Crippen LogP) is 14.1. The Bertz CT molecular complexity index is 4880. The molecule has 5 heterocycles. The summed E-state index contributed by atoms with van der Waals surface area (Å²) in [7, 11) is 0. The number of nitrogens with zero attached hydrogens (tertiary/aromatic N) is 5. The van der Waals surface area contributed by atoms with Gasteiger partial charge in [-0.1, -0.05) is 0 Å². The summed E-state index contributed by atoms with van der Waals surface area (Å²) in [6, 6.07) is 127. The molecule has 0 aromatic heterocycles. The van der Waals surface area contributed by atoms with Gasteiger partial charge in [-0.3, -0.25) is 0 Å². The quantitative estimate of drug-likeness (QED) is 0.127. The Kier molecular flexibility index (Phi) is 13.2. The van der Waals surface area contributed by atoms with Crippen LogP contribution in [0.1, 0.15) is 22.6 Å². The Morgan fingerprint density at radius 1 is 0.255 bits per heavy atom. The zero-order valence-corrected chi connectivity index (χ0v) is 54.5. The van der Waals surface area contributed by atoms with E-state index in [0.29, 0.717) is 0 Å². The average molecular weight is 1330 g/mol. The van der Waals surface area contributed by atoms with Gasteiger partial charge in [0.05, 0.1) is 0 Å². The van der Waals surface area contributed by atoms with Crippen LogP contribution in [0.4, 0.5) is 85.3 Å². The molecule has 9 heteroatoms.